The third kappa shape index (κ3) is 2.41. The molecule has 2 nitrogen and oxygen atoms in total. The Morgan fingerprint density at radius 3 is 2.12 bits per heavy atom. The van der Waals surface area contributed by atoms with Crippen LogP contribution in [0.5, 0.6) is 5.75 Å². The number of aliphatic hydroxyl groups excluding tert-OH is 1. The highest BCUT2D eigenvalue weighted by Crippen LogP contribution is 2.37. The van der Waals surface area contributed by atoms with Gasteiger partial charge in [0.15, 0.2) is 17.7 Å². The van der Waals surface area contributed by atoms with E-state index < -0.39 is 35.2 Å². The first-order valence-corrected chi connectivity index (χ1v) is 4.05. The van der Waals surface area contributed by atoms with Gasteiger partial charge in [-0.2, -0.15) is 13.2 Å². The van der Waals surface area contributed by atoms with E-state index in [0.717, 1.165) is 7.11 Å². The van der Waals surface area contributed by atoms with E-state index >= 15 is 0 Å². The summed E-state index contributed by atoms with van der Waals surface area (Å²) >= 11 is 0. The zero-order valence-corrected chi connectivity index (χ0v) is 7.98. The summed E-state index contributed by atoms with van der Waals surface area (Å²) in [7, 11) is 0.985. The Balaban J connectivity index is 3.27. The van der Waals surface area contributed by atoms with Crippen LogP contribution in [0.3, 0.4) is 0 Å². The fourth-order valence-electron chi connectivity index (χ4n) is 1.11. The summed E-state index contributed by atoms with van der Waals surface area (Å²) in [5, 5.41) is 8.89. The zero-order chi connectivity index (χ0) is 12.5. The fraction of sp³-hybridized carbons (Fsp3) is 0.333. The average Bonchev–Trinajstić information content (AvgIpc) is 2.19. The minimum absolute atomic E-state index is 0.256. The van der Waals surface area contributed by atoms with Crippen LogP contribution >= 0.6 is 0 Å². The van der Waals surface area contributed by atoms with Gasteiger partial charge in [-0.3, -0.25) is 0 Å². The predicted octanol–water partition coefficient (Wildman–Crippen LogP) is 2.57. The van der Waals surface area contributed by atoms with Crippen molar-refractivity contribution in [2.45, 2.75) is 12.3 Å². The molecule has 0 amide bonds. The molecular formula is C9H7F5O2. The molecule has 1 atom stereocenters. The van der Waals surface area contributed by atoms with Crippen molar-refractivity contribution in [2.24, 2.45) is 0 Å². The van der Waals surface area contributed by atoms with Crippen LogP contribution in [0, 0.1) is 11.6 Å². The van der Waals surface area contributed by atoms with E-state index in [1.807, 2.05) is 0 Å². The lowest BCUT2D eigenvalue weighted by Gasteiger charge is -2.17. The topological polar surface area (TPSA) is 29.5 Å². The molecule has 0 radical (unpaired) electrons. The molecule has 0 aliphatic carbocycles. The molecular weight excluding hydrogens is 235 g/mol. The zero-order valence-electron chi connectivity index (χ0n) is 7.98. The Morgan fingerprint density at radius 1 is 1.19 bits per heavy atom. The molecule has 1 rings (SSSR count). The van der Waals surface area contributed by atoms with Crippen LogP contribution in [0.25, 0.3) is 0 Å². The number of alkyl halides is 3. The first-order valence-electron chi connectivity index (χ1n) is 4.05. The molecule has 1 N–H and O–H groups in total. The summed E-state index contributed by atoms with van der Waals surface area (Å²) in [6.07, 6.45) is -7.89. The Bertz CT molecular complexity index is 388. The highest BCUT2D eigenvalue weighted by atomic mass is 19.4. The summed E-state index contributed by atoms with van der Waals surface area (Å²) < 4.78 is 66.3. The van der Waals surface area contributed by atoms with Crippen LogP contribution in [0.4, 0.5) is 22.0 Å². The van der Waals surface area contributed by atoms with Gasteiger partial charge in [-0.15, -0.1) is 0 Å². The second kappa shape index (κ2) is 4.25. The molecule has 1 unspecified atom stereocenters. The van der Waals surface area contributed by atoms with Crippen molar-refractivity contribution in [3.63, 3.8) is 0 Å². The molecule has 1 aromatic rings. The van der Waals surface area contributed by atoms with Crippen molar-refractivity contribution < 1.29 is 31.8 Å². The van der Waals surface area contributed by atoms with Gasteiger partial charge in [-0.1, -0.05) is 0 Å². The van der Waals surface area contributed by atoms with Crippen molar-refractivity contribution in [1.82, 2.24) is 0 Å². The number of rotatable bonds is 2. The maximum Gasteiger partial charge on any atom is 0.418 e. The molecule has 7 heteroatoms. The molecule has 0 fully saturated rings. The van der Waals surface area contributed by atoms with Crippen molar-refractivity contribution in [3.05, 3.63) is 29.3 Å². The van der Waals surface area contributed by atoms with E-state index in [4.69, 9.17) is 5.11 Å². The van der Waals surface area contributed by atoms with Gasteiger partial charge in [-0.05, 0) is 6.07 Å². The molecule has 0 spiro atoms. The van der Waals surface area contributed by atoms with E-state index in [0.29, 0.717) is 6.07 Å². The molecule has 0 aliphatic heterocycles. The van der Waals surface area contributed by atoms with Crippen LogP contribution in [0.15, 0.2) is 12.1 Å². The lowest BCUT2D eigenvalue weighted by Crippen LogP contribution is -2.21. The van der Waals surface area contributed by atoms with Crippen molar-refractivity contribution in [2.75, 3.05) is 7.11 Å². The molecule has 90 valence electrons. The number of halogens is 5. The van der Waals surface area contributed by atoms with Gasteiger partial charge >= 0.3 is 6.18 Å². The minimum Gasteiger partial charge on any atom is -0.496 e. The second-order valence-electron chi connectivity index (χ2n) is 2.95. The summed E-state index contributed by atoms with van der Waals surface area (Å²) in [5.74, 6) is -3.40. The summed E-state index contributed by atoms with van der Waals surface area (Å²) in [5.41, 5.74) is -0.867. The lowest BCUT2D eigenvalue weighted by atomic mass is 10.1. The van der Waals surface area contributed by atoms with Crippen LogP contribution in [0.1, 0.15) is 11.7 Å². The van der Waals surface area contributed by atoms with Gasteiger partial charge in [0, 0.05) is 11.6 Å². The maximum absolute atomic E-state index is 12.7. The Morgan fingerprint density at radius 2 is 1.69 bits per heavy atom. The third-order valence-electron chi connectivity index (χ3n) is 1.88. The van der Waals surface area contributed by atoms with Gasteiger partial charge in [-0.25, -0.2) is 8.78 Å². The van der Waals surface area contributed by atoms with E-state index in [-0.39, 0.29) is 6.07 Å². The monoisotopic (exact) mass is 242 g/mol. The largest absolute Gasteiger partial charge is 0.496 e. The first kappa shape index (κ1) is 12.7. The normalized spacial score (nSPS) is 13.7. The second-order valence-corrected chi connectivity index (χ2v) is 2.95. The molecule has 0 bridgehead atoms. The van der Waals surface area contributed by atoms with Crippen molar-refractivity contribution >= 4 is 0 Å². The van der Waals surface area contributed by atoms with Gasteiger partial charge in [0.25, 0.3) is 0 Å². The number of methoxy groups -OCH3 is 1. The molecule has 0 aliphatic rings. The Hall–Kier alpha value is -1.37. The SMILES string of the molecule is COc1cc(F)c(F)cc1C(O)C(F)(F)F. The standard InChI is InChI=1S/C9H7F5O2/c1-16-7-3-6(11)5(10)2-4(7)8(15)9(12,13)14/h2-3,8,15H,1H3. The highest BCUT2D eigenvalue weighted by Gasteiger charge is 2.41. The summed E-state index contributed by atoms with van der Waals surface area (Å²) in [6, 6.07) is 0.700. The quantitative estimate of drug-likeness (QED) is 0.807. The van der Waals surface area contributed by atoms with Crippen LogP contribution in [0.2, 0.25) is 0 Å². The number of ether oxygens (including phenoxy) is 1. The van der Waals surface area contributed by atoms with Gasteiger partial charge in [0.2, 0.25) is 0 Å². The van der Waals surface area contributed by atoms with Crippen molar-refractivity contribution in [3.8, 4) is 5.75 Å². The molecule has 0 saturated carbocycles. The Kier molecular flexibility index (Phi) is 3.37. The minimum atomic E-state index is -4.97. The molecule has 0 heterocycles. The van der Waals surface area contributed by atoms with Gasteiger partial charge in [0.05, 0.1) is 7.11 Å². The smallest absolute Gasteiger partial charge is 0.418 e. The van der Waals surface area contributed by atoms with Crippen molar-refractivity contribution in [1.29, 1.82) is 0 Å². The highest BCUT2D eigenvalue weighted by molar-refractivity contribution is 5.37. The van der Waals surface area contributed by atoms with Crippen LogP contribution < -0.4 is 4.74 Å². The van der Waals surface area contributed by atoms with E-state index in [9.17, 15) is 22.0 Å². The van der Waals surface area contributed by atoms with E-state index in [2.05, 4.69) is 4.74 Å². The molecule has 0 aromatic heterocycles. The van der Waals surface area contributed by atoms with Gasteiger partial charge < -0.3 is 9.84 Å². The number of hydrogen-bond acceptors (Lipinski definition) is 2. The van der Waals surface area contributed by atoms with E-state index in [1.165, 1.54) is 0 Å². The number of hydrogen-bond donors (Lipinski definition) is 1. The molecule has 16 heavy (non-hydrogen) atoms. The fourth-order valence-corrected chi connectivity index (χ4v) is 1.11. The summed E-state index contributed by atoms with van der Waals surface area (Å²) in [4.78, 5) is 0. The molecule has 0 saturated heterocycles. The average molecular weight is 242 g/mol. The Labute approximate surface area is 87.3 Å². The van der Waals surface area contributed by atoms with Crippen LogP contribution in [-0.2, 0) is 0 Å². The maximum atomic E-state index is 12.7. The van der Waals surface area contributed by atoms with E-state index in [1.54, 1.807) is 0 Å². The predicted molar refractivity (Wildman–Crippen MR) is 43.9 cm³/mol. The third-order valence-corrected chi connectivity index (χ3v) is 1.88. The van der Waals surface area contributed by atoms with Crippen LogP contribution in [-0.4, -0.2) is 18.4 Å². The first-order chi connectivity index (χ1) is 7.27. The van der Waals surface area contributed by atoms with Gasteiger partial charge in [0.1, 0.15) is 5.75 Å². The summed E-state index contributed by atoms with van der Waals surface area (Å²) in [6.45, 7) is 0. The number of aliphatic hydroxyl groups is 1. The lowest BCUT2D eigenvalue weighted by molar-refractivity contribution is -0.207. The molecule has 1 aromatic carbocycles. The number of benzene rings is 1.